The molecule has 0 aliphatic carbocycles. The Balaban J connectivity index is 1.98. The molecule has 1 aromatic carbocycles. The van der Waals surface area contributed by atoms with Crippen molar-refractivity contribution in [1.29, 1.82) is 0 Å². The van der Waals surface area contributed by atoms with Gasteiger partial charge in [0, 0.05) is 21.7 Å². The van der Waals surface area contributed by atoms with Gasteiger partial charge in [0.05, 0.1) is 0 Å². The summed E-state index contributed by atoms with van der Waals surface area (Å²) in [6.45, 7) is 0. The summed E-state index contributed by atoms with van der Waals surface area (Å²) >= 11 is 7.40. The van der Waals surface area contributed by atoms with Gasteiger partial charge in [-0.2, -0.15) is 0 Å². The Morgan fingerprint density at radius 3 is 2.88 bits per heavy atom. The summed E-state index contributed by atoms with van der Waals surface area (Å²) in [5.74, 6) is -0.166. The molecule has 0 fully saturated rings. The Morgan fingerprint density at radius 2 is 2.18 bits per heavy atom. The van der Waals surface area contributed by atoms with Gasteiger partial charge in [-0.05, 0) is 35.7 Å². The third-order valence-electron chi connectivity index (χ3n) is 2.03. The van der Waals surface area contributed by atoms with E-state index in [-0.39, 0.29) is 5.91 Å². The zero-order chi connectivity index (χ0) is 12.1. The molecule has 2 rings (SSSR count). The molecule has 2 aromatic rings. The summed E-state index contributed by atoms with van der Waals surface area (Å²) in [5.41, 5.74) is 0.693. The van der Waals surface area contributed by atoms with Gasteiger partial charge in [-0.3, -0.25) is 4.79 Å². The number of hydrogen-bond donors (Lipinski definition) is 1. The lowest BCUT2D eigenvalue weighted by atomic mass is 10.3. The second kappa shape index (κ2) is 5.66. The molecule has 1 amide bonds. The molecular formula is C13H10ClNOS. The van der Waals surface area contributed by atoms with Crippen LogP contribution in [0.5, 0.6) is 0 Å². The van der Waals surface area contributed by atoms with E-state index >= 15 is 0 Å². The first-order valence-corrected chi connectivity index (χ1v) is 6.28. The molecule has 0 saturated carbocycles. The molecular weight excluding hydrogens is 254 g/mol. The highest BCUT2D eigenvalue weighted by molar-refractivity contribution is 7.10. The Hall–Kier alpha value is -1.58. The normalized spacial score (nSPS) is 10.6. The van der Waals surface area contributed by atoms with Gasteiger partial charge in [-0.25, -0.2) is 0 Å². The summed E-state index contributed by atoms with van der Waals surface area (Å²) in [4.78, 5) is 12.6. The first-order chi connectivity index (χ1) is 8.24. The highest BCUT2D eigenvalue weighted by Crippen LogP contribution is 2.15. The van der Waals surface area contributed by atoms with Gasteiger partial charge in [-0.1, -0.05) is 23.7 Å². The van der Waals surface area contributed by atoms with Crippen LogP contribution >= 0.6 is 22.9 Å². The molecule has 86 valence electrons. The monoisotopic (exact) mass is 263 g/mol. The molecule has 4 heteroatoms. The molecule has 2 nitrogen and oxygen atoms in total. The summed E-state index contributed by atoms with van der Waals surface area (Å²) in [6, 6.07) is 11.0. The largest absolute Gasteiger partial charge is 0.322 e. The second-order valence-electron chi connectivity index (χ2n) is 3.35. The zero-order valence-corrected chi connectivity index (χ0v) is 10.5. The molecule has 0 atom stereocenters. The number of anilines is 1. The molecule has 1 heterocycles. The van der Waals surface area contributed by atoms with Crippen molar-refractivity contribution in [3.8, 4) is 0 Å². The Labute approximate surface area is 109 Å². The van der Waals surface area contributed by atoms with E-state index in [1.165, 1.54) is 6.08 Å². The van der Waals surface area contributed by atoms with Crippen LogP contribution < -0.4 is 5.32 Å². The van der Waals surface area contributed by atoms with Gasteiger partial charge in [0.15, 0.2) is 0 Å². The fourth-order valence-corrected chi connectivity index (χ4v) is 2.10. The predicted octanol–water partition coefficient (Wildman–Crippen LogP) is 4.05. The highest BCUT2D eigenvalue weighted by Gasteiger charge is 1.98. The van der Waals surface area contributed by atoms with Crippen LogP contribution in [0.15, 0.2) is 47.9 Å². The number of nitrogens with one attached hydrogen (secondary N) is 1. The van der Waals surface area contributed by atoms with E-state index in [9.17, 15) is 4.79 Å². The number of amides is 1. The van der Waals surface area contributed by atoms with Gasteiger partial charge < -0.3 is 5.32 Å². The lowest BCUT2D eigenvalue weighted by Gasteiger charge is -2.01. The lowest BCUT2D eigenvalue weighted by Crippen LogP contribution is -2.07. The van der Waals surface area contributed by atoms with Gasteiger partial charge in [0.1, 0.15) is 0 Å². The van der Waals surface area contributed by atoms with Crippen molar-refractivity contribution in [2.45, 2.75) is 0 Å². The average molecular weight is 264 g/mol. The minimum absolute atomic E-state index is 0.166. The van der Waals surface area contributed by atoms with Gasteiger partial charge >= 0.3 is 0 Å². The number of benzene rings is 1. The molecule has 0 aliphatic rings. The van der Waals surface area contributed by atoms with Crippen molar-refractivity contribution in [3.05, 3.63) is 57.8 Å². The minimum Gasteiger partial charge on any atom is -0.322 e. The van der Waals surface area contributed by atoms with Crippen molar-refractivity contribution in [2.75, 3.05) is 5.32 Å². The number of halogens is 1. The number of hydrogen-bond acceptors (Lipinski definition) is 2. The van der Waals surface area contributed by atoms with Crippen molar-refractivity contribution in [1.82, 2.24) is 0 Å². The summed E-state index contributed by atoms with van der Waals surface area (Å²) in [5, 5.41) is 5.31. The fourth-order valence-electron chi connectivity index (χ4n) is 1.29. The van der Waals surface area contributed by atoms with E-state index in [0.29, 0.717) is 10.7 Å². The third kappa shape index (κ3) is 3.73. The highest BCUT2D eigenvalue weighted by atomic mass is 35.5. The summed E-state index contributed by atoms with van der Waals surface area (Å²) in [6.07, 6.45) is 3.29. The van der Waals surface area contributed by atoms with Gasteiger partial charge in [-0.15, -0.1) is 11.3 Å². The summed E-state index contributed by atoms with van der Waals surface area (Å²) < 4.78 is 0. The van der Waals surface area contributed by atoms with E-state index in [2.05, 4.69) is 5.32 Å². The van der Waals surface area contributed by atoms with Crippen LogP contribution in [0.1, 0.15) is 4.88 Å². The van der Waals surface area contributed by atoms with E-state index in [0.717, 1.165) is 4.88 Å². The number of carbonyl (C=O) groups is 1. The second-order valence-corrected chi connectivity index (χ2v) is 4.76. The van der Waals surface area contributed by atoms with Crippen molar-refractivity contribution < 1.29 is 4.79 Å². The van der Waals surface area contributed by atoms with Crippen molar-refractivity contribution in [3.63, 3.8) is 0 Å². The molecule has 1 N–H and O–H groups in total. The Morgan fingerprint density at radius 1 is 1.29 bits per heavy atom. The van der Waals surface area contributed by atoms with Crippen LogP contribution in [0.3, 0.4) is 0 Å². The van der Waals surface area contributed by atoms with Crippen molar-refractivity contribution >= 4 is 40.6 Å². The minimum atomic E-state index is -0.166. The molecule has 1 aromatic heterocycles. The molecule has 0 radical (unpaired) electrons. The number of rotatable bonds is 3. The molecule has 0 aliphatic heterocycles. The topological polar surface area (TPSA) is 29.1 Å². The first kappa shape index (κ1) is 11.9. The van der Waals surface area contributed by atoms with Crippen LogP contribution in [0.2, 0.25) is 5.02 Å². The summed E-state index contributed by atoms with van der Waals surface area (Å²) in [7, 11) is 0. The molecule has 0 unspecified atom stereocenters. The molecule has 0 saturated heterocycles. The van der Waals surface area contributed by atoms with Gasteiger partial charge in [0.2, 0.25) is 5.91 Å². The maximum atomic E-state index is 11.6. The van der Waals surface area contributed by atoms with Crippen LogP contribution in [0.25, 0.3) is 6.08 Å². The molecule has 0 spiro atoms. The van der Waals surface area contributed by atoms with Crippen LogP contribution in [0.4, 0.5) is 5.69 Å². The Kier molecular flexibility index (Phi) is 3.96. The fraction of sp³-hybridized carbons (Fsp3) is 0. The first-order valence-electron chi connectivity index (χ1n) is 5.02. The van der Waals surface area contributed by atoms with E-state index in [4.69, 9.17) is 11.6 Å². The Bertz CT molecular complexity index is 534. The number of carbonyl (C=O) groups excluding carboxylic acids is 1. The third-order valence-corrected chi connectivity index (χ3v) is 3.11. The van der Waals surface area contributed by atoms with Gasteiger partial charge in [0.25, 0.3) is 0 Å². The predicted molar refractivity (Wildman–Crippen MR) is 73.4 cm³/mol. The SMILES string of the molecule is O=C(C=Cc1cccs1)Nc1cccc(Cl)c1. The standard InChI is InChI=1S/C13H10ClNOS/c14-10-3-1-4-11(9-10)15-13(16)7-6-12-5-2-8-17-12/h1-9H,(H,15,16). The maximum absolute atomic E-state index is 11.6. The maximum Gasteiger partial charge on any atom is 0.248 e. The van der Waals surface area contributed by atoms with E-state index in [1.54, 1.807) is 41.7 Å². The molecule has 17 heavy (non-hydrogen) atoms. The van der Waals surface area contributed by atoms with Crippen LogP contribution in [-0.2, 0) is 4.79 Å². The molecule has 0 bridgehead atoms. The van der Waals surface area contributed by atoms with Crippen molar-refractivity contribution in [2.24, 2.45) is 0 Å². The van der Waals surface area contributed by atoms with E-state index < -0.39 is 0 Å². The average Bonchev–Trinajstić information content (AvgIpc) is 2.79. The zero-order valence-electron chi connectivity index (χ0n) is 8.89. The van der Waals surface area contributed by atoms with Crippen LogP contribution in [0, 0.1) is 0 Å². The lowest BCUT2D eigenvalue weighted by molar-refractivity contribution is -0.111. The smallest absolute Gasteiger partial charge is 0.248 e. The number of thiophene rings is 1. The van der Waals surface area contributed by atoms with E-state index in [1.807, 2.05) is 17.5 Å². The van der Waals surface area contributed by atoms with Crippen LogP contribution in [-0.4, -0.2) is 5.91 Å². The quantitative estimate of drug-likeness (QED) is 0.832.